The van der Waals surface area contributed by atoms with Crippen LogP contribution in [0.15, 0.2) is 65.3 Å². The summed E-state index contributed by atoms with van der Waals surface area (Å²) in [6.45, 7) is 0.235. The lowest BCUT2D eigenvalue weighted by Gasteiger charge is -2.14. The number of hydrogen-bond acceptors (Lipinski definition) is 6. The monoisotopic (exact) mass is 409 g/mol. The van der Waals surface area contributed by atoms with E-state index in [4.69, 9.17) is 13.9 Å². The van der Waals surface area contributed by atoms with Crippen molar-refractivity contribution in [2.45, 2.75) is 6.54 Å². The van der Waals surface area contributed by atoms with Crippen LogP contribution in [0.25, 0.3) is 0 Å². The van der Waals surface area contributed by atoms with Gasteiger partial charge in [-0.2, -0.15) is 0 Å². The molecule has 0 aliphatic heterocycles. The van der Waals surface area contributed by atoms with Gasteiger partial charge in [-0.15, -0.1) is 0 Å². The smallest absolute Gasteiger partial charge is 0.253 e. The second kappa shape index (κ2) is 10.0. The lowest BCUT2D eigenvalue weighted by atomic mass is 10.1. The van der Waals surface area contributed by atoms with E-state index in [1.165, 1.54) is 7.11 Å². The molecular weight excluding hydrogens is 386 g/mol. The summed E-state index contributed by atoms with van der Waals surface area (Å²) >= 11 is 0. The number of carbonyl (C=O) groups is 2. The number of ether oxygens (including phenoxy) is 2. The van der Waals surface area contributed by atoms with E-state index in [1.807, 2.05) is 0 Å². The molecule has 1 aromatic heterocycles. The highest BCUT2D eigenvalue weighted by molar-refractivity contribution is 6.01. The number of rotatable bonds is 9. The Balaban J connectivity index is 1.62. The Bertz CT molecular complexity index is 1000. The zero-order valence-electron chi connectivity index (χ0n) is 16.7. The Morgan fingerprint density at radius 2 is 1.80 bits per heavy atom. The highest BCUT2D eigenvalue weighted by Crippen LogP contribution is 2.28. The first-order valence-corrected chi connectivity index (χ1v) is 9.26. The fourth-order valence-electron chi connectivity index (χ4n) is 2.79. The third-order valence-electron chi connectivity index (χ3n) is 4.30. The molecule has 156 valence electrons. The second-order valence-corrected chi connectivity index (χ2v) is 6.28. The van der Waals surface area contributed by atoms with Gasteiger partial charge in [0.25, 0.3) is 5.91 Å². The van der Waals surface area contributed by atoms with Crippen molar-refractivity contribution in [2.24, 2.45) is 0 Å². The third kappa shape index (κ3) is 5.32. The van der Waals surface area contributed by atoms with Crippen LogP contribution in [0.1, 0.15) is 16.1 Å². The molecule has 0 spiro atoms. The van der Waals surface area contributed by atoms with Crippen LogP contribution in [0.3, 0.4) is 0 Å². The van der Waals surface area contributed by atoms with Crippen LogP contribution in [0.2, 0.25) is 0 Å². The summed E-state index contributed by atoms with van der Waals surface area (Å²) in [7, 11) is 3.07. The first-order chi connectivity index (χ1) is 14.6. The molecule has 8 nitrogen and oxygen atoms in total. The van der Waals surface area contributed by atoms with Crippen LogP contribution in [-0.4, -0.2) is 32.6 Å². The van der Waals surface area contributed by atoms with Gasteiger partial charge in [-0.3, -0.25) is 9.59 Å². The molecule has 2 amide bonds. The lowest BCUT2D eigenvalue weighted by molar-refractivity contribution is -0.114. The molecule has 0 unspecified atom stereocenters. The number of anilines is 2. The van der Waals surface area contributed by atoms with E-state index in [0.29, 0.717) is 34.2 Å². The molecule has 0 saturated carbocycles. The SMILES string of the molecule is COc1ccc(OC)c(NC(=O)CNc2ccccc2C(=O)NCc2ccco2)c1. The number of nitrogens with one attached hydrogen (secondary N) is 3. The minimum atomic E-state index is -0.299. The van der Waals surface area contributed by atoms with Gasteiger partial charge in [0.1, 0.15) is 17.3 Å². The Kier molecular flexibility index (Phi) is 6.94. The van der Waals surface area contributed by atoms with Crippen molar-refractivity contribution in [1.82, 2.24) is 5.32 Å². The van der Waals surface area contributed by atoms with E-state index >= 15 is 0 Å². The Labute approximate surface area is 174 Å². The summed E-state index contributed by atoms with van der Waals surface area (Å²) in [6.07, 6.45) is 1.55. The summed E-state index contributed by atoms with van der Waals surface area (Å²) < 4.78 is 15.7. The molecule has 0 aliphatic carbocycles. The number of amides is 2. The van der Waals surface area contributed by atoms with Gasteiger partial charge in [-0.25, -0.2) is 0 Å². The third-order valence-corrected chi connectivity index (χ3v) is 4.30. The van der Waals surface area contributed by atoms with Gasteiger partial charge in [-0.05, 0) is 36.4 Å². The number of benzene rings is 2. The molecule has 30 heavy (non-hydrogen) atoms. The van der Waals surface area contributed by atoms with Gasteiger partial charge >= 0.3 is 0 Å². The first-order valence-electron chi connectivity index (χ1n) is 9.26. The Morgan fingerprint density at radius 1 is 0.967 bits per heavy atom. The van der Waals surface area contributed by atoms with E-state index in [9.17, 15) is 9.59 Å². The topological polar surface area (TPSA) is 102 Å². The van der Waals surface area contributed by atoms with Crippen LogP contribution in [0, 0.1) is 0 Å². The molecule has 1 heterocycles. The standard InChI is InChI=1S/C22H23N3O5/c1-28-15-9-10-20(29-2)19(12-15)25-21(26)14-23-18-8-4-3-7-17(18)22(27)24-13-16-6-5-11-30-16/h3-12,23H,13-14H2,1-2H3,(H,24,27)(H,25,26). The minimum absolute atomic E-state index is 0.0388. The van der Waals surface area contributed by atoms with Gasteiger partial charge in [0.15, 0.2) is 0 Å². The maximum Gasteiger partial charge on any atom is 0.253 e. The van der Waals surface area contributed by atoms with Gasteiger partial charge < -0.3 is 29.8 Å². The molecule has 0 saturated heterocycles. The van der Waals surface area contributed by atoms with Crippen molar-refractivity contribution in [2.75, 3.05) is 31.4 Å². The normalized spacial score (nSPS) is 10.2. The van der Waals surface area contributed by atoms with Crippen molar-refractivity contribution in [3.8, 4) is 11.5 Å². The molecule has 0 radical (unpaired) electrons. The van der Waals surface area contributed by atoms with Crippen LogP contribution < -0.4 is 25.4 Å². The highest BCUT2D eigenvalue weighted by Gasteiger charge is 2.13. The summed E-state index contributed by atoms with van der Waals surface area (Å²) in [5, 5.41) is 8.58. The predicted octanol–water partition coefficient (Wildman–Crippen LogP) is 3.28. The van der Waals surface area contributed by atoms with Gasteiger partial charge in [-0.1, -0.05) is 12.1 Å². The number of carbonyl (C=O) groups excluding carboxylic acids is 2. The lowest BCUT2D eigenvalue weighted by Crippen LogP contribution is -2.26. The molecule has 0 fully saturated rings. The number of methoxy groups -OCH3 is 2. The van der Waals surface area contributed by atoms with Crippen LogP contribution in [-0.2, 0) is 11.3 Å². The zero-order chi connectivity index (χ0) is 21.3. The average molecular weight is 409 g/mol. The van der Waals surface area contributed by atoms with E-state index in [-0.39, 0.29) is 24.9 Å². The first kappa shape index (κ1) is 20.8. The van der Waals surface area contributed by atoms with E-state index in [2.05, 4.69) is 16.0 Å². The largest absolute Gasteiger partial charge is 0.497 e. The van der Waals surface area contributed by atoms with Gasteiger partial charge in [0.05, 0.1) is 44.8 Å². The summed E-state index contributed by atoms with van der Waals surface area (Å²) in [4.78, 5) is 25.0. The zero-order valence-corrected chi connectivity index (χ0v) is 16.7. The van der Waals surface area contributed by atoms with Crippen LogP contribution >= 0.6 is 0 Å². The quantitative estimate of drug-likeness (QED) is 0.501. The number of furan rings is 1. The number of hydrogen-bond donors (Lipinski definition) is 3. The van der Waals surface area contributed by atoms with Crippen molar-refractivity contribution in [1.29, 1.82) is 0 Å². The van der Waals surface area contributed by atoms with Gasteiger partial charge in [0.2, 0.25) is 5.91 Å². The predicted molar refractivity (Wildman–Crippen MR) is 113 cm³/mol. The van der Waals surface area contributed by atoms with E-state index in [1.54, 1.807) is 68.0 Å². The molecular formula is C22H23N3O5. The van der Waals surface area contributed by atoms with Crippen molar-refractivity contribution in [3.63, 3.8) is 0 Å². The molecule has 3 rings (SSSR count). The fraction of sp³-hybridized carbons (Fsp3) is 0.182. The molecule has 0 atom stereocenters. The van der Waals surface area contributed by atoms with Gasteiger partial charge in [0, 0.05) is 11.8 Å². The van der Waals surface area contributed by atoms with E-state index in [0.717, 1.165) is 0 Å². The maximum absolute atomic E-state index is 12.5. The molecule has 0 bridgehead atoms. The summed E-state index contributed by atoms with van der Waals surface area (Å²) in [5.41, 5.74) is 1.46. The van der Waals surface area contributed by atoms with Crippen LogP contribution in [0.5, 0.6) is 11.5 Å². The number of para-hydroxylation sites is 1. The second-order valence-electron chi connectivity index (χ2n) is 6.28. The fourth-order valence-corrected chi connectivity index (χ4v) is 2.79. The van der Waals surface area contributed by atoms with Crippen molar-refractivity contribution < 1.29 is 23.5 Å². The highest BCUT2D eigenvalue weighted by atomic mass is 16.5. The average Bonchev–Trinajstić information content (AvgIpc) is 3.30. The minimum Gasteiger partial charge on any atom is -0.497 e. The molecule has 0 aliphatic rings. The molecule has 3 aromatic rings. The Hall–Kier alpha value is -3.94. The molecule has 3 N–H and O–H groups in total. The summed E-state index contributed by atoms with van der Waals surface area (Å²) in [5.74, 6) is 1.19. The maximum atomic E-state index is 12.5. The summed E-state index contributed by atoms with van der Waals surface area (Å²) in [6, 6.07) is 15.6. The molecule has 2 aromatic carbocycles. The van der Waals surface area contributed by atoms with Crippen LogP contribution in [0.4, 0.5) is 11.4 Å². The molecule has 8 heteroatoms. The Morgan fingerprint density at radius 3 is 2.53 bits per heavy atom. The van der Waals surface area contributed by atoms with Crippen molar-refractivity contribution >= 4 is 23.2 Å². The van der Waals surface area contributed by atoms with E-state index < -0.39 is 0 Å². The van der Waals surface area contributed by atoms with Crippen molar-refractivity contribution in [3.05, 3.63) is 72.2 Å².